The van der Waals surface area contributed by atoms with Gasteiger partial charge in [-0.15, -0.1) is 0 Å². The highest BCUT2D eigenvalue weighted by Crippen LogP contribution is 2.07. The van der Waals surface area contributed by atoms with Crippen LogP contribution >= 0.6 is 0 Å². The van der Waals surface area contributed by atoms with E-state index in [4.69, 9.17) is 20.5 Å². The van der Waals surface area contributed by atoms with Crippen molar-refractivity contribution in [3.8, 4) is 6.07 Å². The molecule has 0 aliphatic rings. The van der Waals surface area contributed by atoms with E-state index in [9.17, 15) is 9.59 Å². The molecule has 0 saturated heterocycles. The van der Waals surface area contributed by atoms with Crippen molar-refractivity contribution in [1.29, 1.82) is 5.26 Å². The Morgan fingerprint density at radius 3 is 2.61 bits per heavy atom. The van der Waals surface area contributed by atoms with Crippen molar-refractivity contribution in [3.05, 3.63) is 0 Å². The molecule has 0 bridgehead atoms. The summed E-state index contributed by atoms with van der Waals surface area (Å²) in [4.78, 5) is 22.6. The standard InChI is InChI=1S/C11H19N3O4/c1-8(3-4-12)10(11(13)16)14-9(15)7-18-6-5-17-2/h8,10H,3,5-7H2,1-2H3,(H2,13,16)(H,14,15)/t8-,10+/m1/s1. The van der Waals surface area contributed by atoms with Gasteiger partial charge in [0.2, 0.25) is 11.8 Å². The highest BCUT2D eigenvalue weighted by molar-refractivity contribution is 5.87. The van der Waals surface area contributed by atoms with E-state index in [-0.39, 0.29) is 18.9 Å². The van der Waals surface area contributed by atoms with Crippen LogP contribution < -0.4 is 11.1 Å². The molecule has 102 valence electrons. The van der Waals surface area contributed by atoms with E-state index in [0.717, 1.165) is 0 Å². The van der Waals surface area contributed by atoms with Crippen molar-refractivity contribution in [2.24, 2.45) is 11.7 Å². The lowest BCUT2D eigenvalue weighted by molar-refractivity contribution is -0.131. The Hall–Kier alpha value is -1.65. The third kappa shape index (κ3) is 6.83. The van der Waals surface area contributed by atoms with Gasteiger partial charge in [0.15, 0.2) is 0 Å². The molecule has 2 atom stereocenters. The van der Waals surface area contributed by atoms with Gasteiger partial charge in [0, 0.05) is 13.5 Å². The van der Waals surface area contributed by atoms with Crippen molar-refractivity contribution in [1.82, 2.24) is 5.32 Å². The van der Waals surface area contributed by atoms with Crippen LogP contribution in [0.5, 0.6) is 0 Å². The number of nitrogens with zero attached hydrogens (tertiary/aromatic N) is 1. The van der Waals surface area contributed by atoms with Crippen LogP contribution in [0.1, 0.15) is 13.3 Å². The highest BCUT2D eigenvalue weighted by Gasteiger charge is 2.24. The maximum atomic E-state index is 11.5. The third-order valence-electron chi connectivity index (χ3n) is 2.27. The quantitative estimate of drug-likeness (QED) is 0.523. The van der Waals surface area contributed by atoms with Gasteiger partial charge in [0.25, 0.3) is 0 Å². The van der Waals surface area contributed by atoms with Gasteiger partial charge in [-0.1, -0.05) is 6.92 Å². The number of carbonyl (C=O) groups excluding carboxylic acids is 2. The zero-order valence-electron chi connectivity index (χ0n) is 10.6. The Bertz CT molecular complexity index is 314. The van der Waals surface area contributed by atoms with E-state index in [1.807, 2.05) is 6.07 Å². The summed E-state index contributed by atoms with van der Waals surface area (Å²) in [5.74, 6) is -1.45. The van der Waals surface area contributed by atoms with Crippen LogP contribution in [0, 0.1) is 17.2 Å². The summed E-state index contributed by atoms with van der Waals surface area (Å²) in [5, 5.41) is 11.0. The van der Waals surface area contributed by atoms with Crippen molar-refractivity contribution in [3.63, 3.8) is 0 Å². The highest BCUT2D eigenvalue weighted by atomic mass is 16.5. The van der Waals surface area contributed by atoms with Crippen molar-refractivity contribution >= 4 is 11.8 Å². The number of nitrogens with two attached hydrogens (primary N) is 1. The molecule has 0 saturated carbocycles. The van der Waals surface area contributed by atoms with Crippen LogP contribution in [0.2, 0.25) is 0 Å². The molecule has 0 aromatic rings. The zero-order valence-corrected chi connectivity index (χ0v) is 10.6. The number of hydrogen-bond donors (Lipinski definition) is 2. The summed E-state index contributed by atoms with van der Waals surface area (Å²) < 4.78 is 9.75. The van der Waals surface area contributed by atoms with Crippen LogP contribution in [-0.2, 0) is 19.1 Å². The van der Waals surface area contributed by atoms with E-state index < -0.39 is 17.9 Å². The van der Waals surface area contributed by atoms with E-state index >= 15 is 0 Å². The van der Waals surface area contributed by atoms with Gasteiger partial charge in [-0.2, -0.15) is 5.26 Å². The minimum atomic E-state index is -0.858. The number of hydrogen-bond acceptors (Lipinski definition) is 5. The number of methoxy groups -OCH3 is 1. The van der Waals surface area contributed by atoms with Crippen LogP contribution in [0.25, 0.3) is 0 Å². The Kier molecular flexibility index (Phi) is 8.53. The molecule has 0 fully saturated rings. The Morgan fingerprint density at radius 2 is 2.11 bits per heavy atom. The molecule has 0 heterocycles. The number of primary amides is 1. The second-order valence-corrected chi connectivity index (χ2v) is 3.83. The van der Waals surface area contributed by atoms with Gasteiger partial charge >= 0.3 is 0 Å². The third-order valence-corrected chi connectivity index (χ3v) is 2.27. The van der Waals surface area contributed by atoms with E-state index in [0.29, 0.717) is 13.2 Å². The number of nitriles is 1. The van der Waals surface area contributed by atoms with Crippen molar-refractivity contribution in [2.75, 3.05) is 26.9 Å². The van der Waals surface area contributed by atoms with E-state index in [1.165, 1.54) is 7.11 Å². The second-order valence-electron chi connectivity index (χ2n) is 3.83. The average Bonchev–Trinajstić information content (AvgIpc) is 2.31. The average molecular weight is 257 g/mol. The van der Waals surface area contributed by atoms with Crippen LogP contribution in [0.3, 0.4) is 0 Å². The molecule has 3 N–H and O–H groups in total. The first-order valence-corrected chi connectivity index (χ1v) is 5.55. The predicted molar refractivity (Wildman–Crippen MR) is 63.2 cm³/mol. The van der Waals surface area contributed by atoms with Crippen molar-refractivity contribution < 1.29 is 19.1 Å². The van der Waals surface area contributed by atoms with Gasteiger partial charge in [0.1, 0.15) is 12.6 Å². The summed E-state index contributed by atoms with van der Waals surface area (Å²) >= 11 is 0. The molecule has 7 nitrogen and oxygen atoms in total. The summed E-state index contributed by atoms with van der Waals surface area (Å²) in [5.41, 5.74) is 5.17. The Balaban J connectivity index is 4.13. The topological polar surface area (TPSA) is 114 Å². The van der Waals surface area contributed by atoms with Gasteiger partial charge in [-0.05, 0) is 5.92 Å². The lowest BCUT2D eigenvalue weighted by atomic mass is 9.98. The largest absolute Gasteiger partial charge is 0.382 e. The lowest BCUT2D eigenvalue weighted by Gasteiger charge is -2.20. The molecule has 0 radical (unpaired) electrons. The molecule has 0 aliphatic heterocycles. The first-order chi connectivity index (χ1) is 8.52. The Labute approximate surface area is 106 Å². The van der Waals surface area contributed by atoms with Gasteiger partial charge in [-0.25, -0.2) is 0 Å². The summed E-state index contributed by atoms with van der Waals surface area (Å²) in [6.45, 7) is 2.17. The molecule has 0 aliphatic carbocycles. The molecule has 0 spiro atoms. The van der Waals surface area contributed by atoms with Crippen molar-refractivity contribution in [2.45, 2.75) is 19.4 Å². The number of ether oxygens (including phenoxy) is 2. The maximum absolute atomic E-state index is 11.5. The van der Waals surface area contributed by atoms with Crippen LogP contribution in [-0.4, -0.2) is 44.8 Å². The van der Waals surface area contributed by atoms with E-state index in [1.54, 1.807) is 6.92 Å². The second kappa shape index (κ2) is 9.39. The molecule has 0 unspecified atom stereocenters. The Morgan fingerprint density at radius 1 is 1.44 bits per heavy atom. The minimum absolute atomic E-state index is 0.137. The normalized spacial score (nSPS) is 13.4. The fourth-order valence-corrected chi connectivity index (χ4v) is 1.28. The smallest absolute Gasteiger partial charge is 0.246 e. The molecule has 0 rings (SSSR count). The predicted octanol–water partition coefficient (Wildman–Crippen LogP) is -0.831. The summed E-state index contributed by atoms with van der Waals surface area (Å²) in [7, 11) is 1.52. The van der Waals surface area contributed by atoms with Gasteiger partial charge < -0.3 is 20.5 Å². The molecule has 18 heavy (non-hydrogen) atoms. The molecule has 0 aromatic heterocycles. The van der Waals surface area contributed by atoms with E-state index in [2.05, 4.69) is 5.32 Å². The number of rotatable bonds is 9. The SMILES string of the molecule is COCCOCC(=O)N[C@H](C(N)=O)[C@H](C)CC#N. The monoisotopic (exact) mass is 257 g/mol. The number of amides is 2. The zero-order chi connectivity index (χ0) is 14.0. The molecular weight excluding hydrogens is 238 g/mol. The van der Waals surface area contributed by atoms with Gasteiger partial charge in [0.05, 0.1) is 19.3 Å². The first kappa shape index (κ1) is 16.4. The first-order valence-electron chi connectivity index (χ1n) is 5.55. The maximum Gasteiger partial charge on any atom is 0.246 e. The summed E-state index contributed by atoms with van der Waals surface area (Å²) in [6.07, 6.45) is 0.137. The summed E-state index contributed by atoms with van der Waals surface area (Å²) in [6, 6.07) is 1.07. The molecule has 2 amide bonds. The molecule has 7 heteroatoms. The fraction of sp³-hybridized carbons (Fsp3) is 0.727. The molecule has 0 aromatic carbocycles. The fourth-order valence-electron chi connectivity index (χ4n) is 1.28. The van der Waals surface area contributed by atoms with Crippen LogP contribution in [0.15, 0.2) is 0 Å². The lowest BCUT2D eigenvalue weighted by Crippen LogP contribution is -2.49. The van der Waals surface area contributed by atoms with Crippen LogP contribution in [0.4, 0.5) is 0 Å². The molecular formula is C11H19N3O4. The van der Waals surface area contributed by atoms with Gasteiger partial charge in [-0.3, -0.25) is 9.59 Å². The number of nitrogens with one attached hydrogen (secondary N) is 1. The minimum Gasteiger partial charge on any atom is -0.382 e. The number of carbonyl (C=O) groups is 2.